The zero-order valence-electron chi connectivity index (χ0n) is 13.9. The number of hydrogen-bond acceptors (Lipinski definition) is 6. The lowest BCUT2D eigenvalue weighted by atomic mass is 10.1. The molecule has 0 saturated heterocycles. The minimum atomic E-state index is -0.630. The molecule has 0 saturated carbocycles. The molecule has 0 bridgehead atoms. The first-order valence-electron chi connectivity index (χ1n) is 7.58. The van der Waals surface area contributed by atoms with E-state index in [9.17, 15) is 4.79 Å². The van der Waals surface area contributed by atoms with Crippen LogP contribution in [0, 0.1) is 0 Å². The number of anilines is 1. The lowest BCUT2D eigenvalue weighted by Crippen LogP contribution is -2.19. The first kappa shape index (κ1) is 16.4. The summed E-state index contributed by atoms with van der Waals surface area (Å²) in [5.74, 6) is 1.35. The number of benzene rings is 1. The number of nitrogens with zero attached hydrogens (tertiary/aromatic N) is 4. The Morgan fingerprint density at radius 2 is 2.04 bits per heavy atom. The minimum absolute atomic E-state index is 0.0957. The van der Waals surface area contributed by atoms with Crippen molar-refractivity contribution >= 4 is 11.7 Å². The molecule has 8 nitrogen and oxygen atoms in total. The molecule has 1 atom stereocenters. The third-order valence-electron chi connectivity index (χ3n) is 3.75. The summed E-state index contributed by atoms with van der Waals surface area (Å²) in [6, 6.07) is 7.34. The number of rotatable bonds is 6. The van der Waals surface area contributed by atoms with Crippen LogP contribution in [-0.2, 0) is 7.05 Å². The Morgan fingerprint density at radius 1 is 1.28 bits per heavy atom. The van der Waals surface area contributed by atoms with E-state index in [0.717, 1.165) is 17.1 Å². The number of hydrogen-bond donors (Lipinski definition) is 2. The summed E-state index contributed by atoms with van der Waals surface area (Å²) < 4.78 is 7.12. The van der Waals surface area contributed by atoms with E-state index in [1.54, 1.807) is 13.3 Å². The highest BCUT2D eigenvalue weighted by Crippen LogP contribution is 2.26. The number of aromatic nitrogens is 4. The van der Waals surface area contributed by atoms with Gasteiger partial charge in [0.05, 0.1) is 19.5 Å². The van der Waals surface area contributed by atoms with Crippen LogP contribution in [0.4, 0.5) is 5.82 Å². The molecule has 0 aliphatic heterocycles. The first-order valence-corrected chi connectivity index (χ1v) is 7.58. The van der Waals surface area contributed by atoms with Gasteiger partial charge in [-0.25, -0.2) is 9.97 Å². The van der Waals surface area contributed by atoms with Crippen LogP contribution in [0.1, 0.15) is 27.9 Å². The van der Waals surface area contributed by atoms with Gasteiger partial charge in [-0.3, -0.25) is 9.78 Å². The van der Waals surface area contributed by atoms with Gasteiger partial charge in [0.25, 0.3) is 5.91 Å². The Labute approximate surface area is 144 Å². The first-order chi connectivity index (χ1) is 12.1. The van der Waals surface area contributed by atoms with Crippen molar-refractivity contribution < 1.29 is 9.53 Å². The van der Waals surface area contributed by atoms with Gasteiger partial charge in [-0.2, -0.15) is 0 Å². The highest BCUT2D eigenvalue weighted by Gasteiger charge is 2.19. The van der Waals surface area contributed by atoms with Crippen LogP contribution < -0.4 is 15.8 Å². The van der Waals surface area contributed by atoms with Gasteiger partial charge in [-0.1, -0.05) is 12.1 Å². The fraction of sp³-hybridized carbons (Fsp3) is 0.176. The van der Waals surface area contributed by atoms with E-state index >= 15 is 0 Å². The molecule has 0 aliphatic rings. The molecule has 1 aromatic carbocycles. The maximum absolute atomic E-state index is 11.3. The molecule has 1 amide bonds. The topological polar surface area (TPSA) is 108 Å². The van der Waals surface area contributed by atoms with Gasteiger partial charge in [0, 0.05) is 19.4 Å². The number of carbonyl (C=O) groups excluding carboxylic acids is 1. The summed E-state index contributed by atoms with van der Waals surface area (Å²) in [4.78, 5) is 24.0. The third-order valence-corrected chi connectivity index (χ3v) is 3.75. The van der Waals surface area contributed by atoms with Crippen molar-refractivity contribution in [3.8, 4) is 5.75 Å². The number of primary amides is 1. The van der Waals surface area contributed by atoms with Crippen LogP contribution in [0.15, 0.2) is 49.1 Å². The van der Waals surface area contributed by atoms with Gasteiger partial charge in [0.15, 0.2) is 0 Å². The van der Waals surface area contributed by atoms with Crippen molar-refractivity contribution in [2.45, 2.75) is 6.04 Å². The Balaban J connectivity index is 1.98. The smallest absolute Gasteiger partial charge is 0.268 e. The van der Waals surface area contributed by atoms with E-state index in [1.807, 2.05) is 42.1 Å². The molecule has 0 fully saturated rings. The molecule has 1 unspecified atom stereocenters. The second-order valence-electron chi connectivity index (χ2n) is 5.40. The molecule has 2 heterocycles. The van der Waals surface area contributed by atoms with E-state index in [-0.39, 0.29) is 11.7 Å². The second kappa shape index (κ2) is 7.00. The summed E-state index contributed by atoms with van der Waals surface area (Å²) in [6.07, 6.45) is 6.45. The zero-order valence-corrected chi connectivity index (χ0v) is 13.9. The highest BCUT2D eigenvalue weighted by molar-refractivity contribution is 5.90. The molecular formula is C17H18N6O2. The number of ether oxygens (including phenoxy) is 1. The summed E-state index contributed by atoms with van der Waals surface area (Å²) in [7, 11) is 3.53. The average Bonchev–Trinajstić information content (AvgIpc) is 3.06. The fourth-order valence-corrected chi connectivity index (χ4v) is 2.45. The average molecular weight is 338 g/mol. The van der Waals surface area contributed by atoms with Gasteiger partial charge >= 0.3 is 0 Å². The summed E-state index contributed by atoms with van der Waals surface area (Å²) in [5, 5.41) is 3.27. The molecule has 3 aromatic rings. The number of aryl methyl sites for hydroxylation is 1. The van der Waals surface area contributed by atoms with Crippen molar-refractivity contribution in [2.75, 3.05) is 12.4 Å². The van der Waals surface area contributed by atoms with Crippen molar-refractivity contribution in [3.63, 3.8) is 0 Å². The van der Waals surface area contributed by atoms with Crippen LogP contribution in [0.2, 0.25) is 0 Å². The van der Waals surface area contributed by atoms with E-state index in [4.69, 9.17) is 10.5 Å². The lowest BCUT2D eigenvalue weighted by molar-refractivity contribution is 0.0995. The van der Waals surface area contributed by atoms with Gasteiger partial charge in [-0.15, -0.1) is 0 Å². The molecule has 25 heavy (non-hydrogen) atoms. The van der Waals surface area contributed by atoms with Crippen LogP contribution in [0.5, 0.6) is 5.75 Å². The molecule has 2 aromatic heterocycles. The van der Waals surface area contributed by atoms with Gasteiger partial charge in [0.2, 0.25) is 0 Å². The van der Waals surface area contributed by atoms with Crippen molar-refractivity contribution in [3.05, 3.63) is 66.1 Å². The zero-order chi connectivity index (χ0) is 17.8. The number of methoxy groups -OCH3 is 1. The van der Waals surface area contributed by atoms with Crippen LogP contribution >= 0.6 is 0 Å². The summed E-state index contributed by atoms with van der Waals surface area (Å²) in [6.45, 7) is 0. The normalized spacial score (nSPS) is 11.8. The molecule has 0 radical (unpaired) electrons. The largest absolute Gasteiger partial charge is 0.497 e. The standard InChI is InChI=1S/C17H18N6O2/c1-23-8-7-20-17(23)15(11-3-5-12(25-2)6-4-11)22-14-10-19-9-13(21-14)16(18)24/h3-10,15H,1-2H3,(H2,18,24)(H,21,22). The molecule has 3 N–H and O–H groups in total. The lowest BCUT2D eigenvalue weighted by Gasteiger charge is -2.20. The Kier molecular flexibility index (Phi) is 4.60. The predicted molar refractivity (Wildman–Crippen MR) is 92.2 cm³/mol. The highest BCUT2D eigenvalue weighted by atomic mass is 16.5. The maximum atomic E-state index is 11.3. The summed E-state index contributed by atoms with van der Waals surface area (Å²) >= 11 is 0. The Morgan fingerprint density at radius 3 is 2.64 bits per heavy atom. The van der Waals surface area contributed by atoms with Crippen molar-refractivity contribution in [2.24, 2.45) is 12.8 Å². The number of carbonyl (C=O) groups is 1. The number of nitrogens with two attached hydrogens (primary N) is 1. The van der Waals surface area contributed by atoms with Crippen LogP contribution in [-0.4, -0.2) is 32.5 Å². The monoisotopic (exact) mass is 338 g/mol. The van der Waals surface area contributed by atoms with Crippen LogP contribution in [0.25, 0.3) is 0 Å². The number of nitrogens with one attached hydrogen (secondary N) is 1. The maximum Gasteiger partial charge on any atom is 0.268 e. The molecule has 128 valence electrons. The van der Waals surface area contributed by atoms with Crippen molar-refractivity contribution in [1.29, 1.82) is 0 Å². The Hall–Kier alpha value is -3.42. The molecule has 3 rings (SSSR count). The van der Waals surface area contributed by atoms with Crippen molar-refractivity contribution in [1.82, 2.24) is 19.5 Å². The van der Waals surface area contributed by atoms with E-state index in [1.165, 1.54) is 12.4 Å². The summed E-state index contributed by atoms with van der Waals surface area (Å²) in [5.41, 5.74) is 6.33. The van der Waals surface area contributed by atoms with Gasteiger partial charge in [0.1, 0.15) is 29.1 Å². The molecule has 8 heteroatoms. The molecule has 0 aliphatic carbocycles. The SMILES string of the molecule is COc1ccc(C(Nc2cncc(C(N)=O)n2)c2nccn2C)cc1. The molecular weight excluding hydrogens is 320 g/mol. The fourth-order valence-electron chi connectivity index (χ4n) is 2.45. The Bertz CT molecular complexity index is 875. The molecule has 0 spiro atoms. The van der Waals surface area contributed by atoms with Gasteiger partial charge < -0.3 is 20.4 Å². The van der Waals surface area contributed by atoms with Crippen LogP contribution in [0.3, 0.4) is 0 Å². The van der Waals surface area contributed by atoms with Gasteiger partial charge in [-0.05, 0) is 17.7 Å². The minimum Gasteiger partial charge on any atom is -0.497 e. The third kappa shape index (κ3) is 3.57. The predicted octanol–water partition coefficient (Wildman–Crippen LogP) is 1.52. The van der Waals surface area contributed by atoms with E-state index in [2.05, 4.69) is 20.3 Å². The second-order valence-corrected chi connectivity index (χ2v) is 5.40. The number of imidazole rings is 1. The quantitative estimate of drug-likeness (QED) is 0.705. The van der Waals surface area contributed by atoms with E-state index < -0.39 is 5.91 Å². The van der Waals surface area contributed by atoms with E-state index in [0.29, 0.717) is 5.82 Å². The number of amides is 1.